The van der Waals surface area contributed by atoms with Gasteiger partial charge in [0.15, 0.2) is 0 Å². The molecule has 0 radical (unpaired) electrons. The van der Waals surface area contributed by atoms with Crippen LogP contribution >= 0.6 is 0 Å². The number of piperidine rings is 1. The second-order valence-corrected chi connectivity index (χ2v) is 4.67. The smallest absolute Gasteiger partial charge is 0.346 e. The van der Waals surface area contributed by atoms with Gasteiger partial charge in [0.2, 0.25) is 5.91 Å². The highest BCUT2D eigenvalue weighted by Gasteiger charge is 2.31. The molecule has 2 N–H and O–H groups in total. The van der Waals surface area contributed by atoms with Crippen molar-refractivity contribution in [2.24, 2.45) is 0 Å². The maximum Gasteiger partial charge on any atom is 0.405 e. The van der Waals surface area contributed by atoms with Gasteiger partial charge in [0.25, 0.3) is 0 Å². The molecule has 0 spiro atoms. The fraction of sp³-hybridized carbons (Fsp3) is 0.909. The molecule has 0 aromatic carbocycles. The monoisotopic (exact) mass is 267 g/mol. The molecular formula is C11H20F3N3O. The summed E-state index contributed by atoms with van der Waals surface area (Å²) in [6.45, 7) is 2.08. The molecule has 1 aliphatic heterocycles. The SMILES string of the molecule is CC(C(=O)NCC(F)(F)F)N(C)C1CCCNC1. The quantitative estimate of drug-likeness (QED) is 0.789. The molecule has 4 nitrogen and oxygen atoms in total. The molecule has 2 atom stereocenters. The minimum Gasteiger partial charge on any atom is -0.346 e. The lowest BCUT2D eigenvalue weighted by atomic mass is 10.0. The highest BCUT2D eigenvalue weighted by atomic mass is 19.4. The van der Waals surface area contributed by atoms with Crippen molar-refractivity contribution >= 4 is 5.91 Å². The zero-order chi connectivity index (χ0) is 13.8. The van der Waals surface area contributed by atoms with Crippen LogP contribution in [-0.4, -0.2) is 55.7 Å². The van der Waals surface area contributed by atoms with Crippen LogP contribution in [0.2, 0.25) is 0 Å². The number of halogens is 3. The zero-order valence-corrected chi connectivity index (χ0v) is 10.7. The van der Waals surface area contributed by atoms with Crippen molar-refractivity contribution in [3.8, 4) is 0 Å². The number of alkyl halides is 3. The van der Waals surface area contributed by atoms with Gasteiger partial charge in [-0.15, -0.1) is 0 Å². The third kappa shape index (κ3) is 4.81. The lowest BCUT2D eigenvalue weighted by molar-refractivity contribution is -0.141. The van der Waals surface area contributed by atoms with Gasteiger partial charge >= 0.3 is 6.18 Å². The summed E-state index contributed by atoms with van der Waals surface area (Å²) in [7, 11) is 1.77. The van der Waals surface area contributed by atoms with E-state index in [0.717, 1.165) is 25.9 Å². The summed E-state index contributed by atoms with van der Waals surface area (Å²) in [5, 5.41) is 5.13. The molecule has 1 rings (SSSR count). The van der Waals surface area contributed by atoms with Crippen molar-refractivity contribution in [1.82, 2.24) is 15.5 Å². The summed E-state index contributed by atoms with van der Waals surface area (Å²) in [6, 6.07) is -0.359. The summed E-state index contributed by atoms with van der Waals surface area (Å²) >= 11 is 0. The Kier molecular flexibility index (Phi) is 5.40. The minimum absolute atomic E-state index is 0.199. The molecule has 1 heterocycles. The summed E-state index contributed by atoms with van der Waals surface area (Å²) in [4.78, 5) is 13.4. The third-order valence-corrected chi connectivity index (χ3v) is 3.30. The highest BCUT2D eigenvalue weighted by molar-refractivity contribution is 5.81. The summed E-state index contributed by atoms with van der Waals surface area (Å²) in [6.07, 6.45) is -2.38. The first-order chi connectivity index (χ1) is 8.31. The first kappa shape index (κ1) is 15.2. The van der Waals surface area contributed by atoms with Crippen molar-refractivity contribution in [3.05, 3.63) is 0 Å². The summed E-state index contributed by atoms with van der Waals surface area (Å²) < 4.78 is 36.0. The van der Waals surface area contributed by atoms with Gasteiger partial charge in [-0.25, -0.2) is 0 Å². The van der Waals surface area contributed by atoms with Gasteiger partial charge in [0.05, 0.1) is 6.04 Å². The van der Waals surface area contributed by atoms with E-state index in [4.69, 9.17) is 0 Å². The van der Waals surface area contributed by atoms with E-state index in [-0.39, 0.29) is 6.04 Å². The number of carbonyl (C=O) groups is 1. The van der Waals surface area contributed by atoms with Gasteiger partial charge < -0.3 is 10.6 Å². The lowest BCUT2D eigenvalue weighted by Crippen LogP contribution is -2.53. The number of nitrogens with one attached hydrogen (secondary N) is 2. The lowest BCUT2D eigenvalue weighted by Gasteiger charge is -2.35. The predicted octanol–water partition coefficient (Wildman–Crippen LogP) is 0.737. The number of hydrogen-bond donors (Lipinski definition) is 2. The Balaban J connectivity index is 2.41. The standard InChI is InChI=1S/C11H20F3N3O/c1-8(10(18)16-7-11(12,13)14)17(2)9-4-3-5-15-6-9/h8-9,15H,3-7H2,1-2H3,(H,16,18). The van der Waals surface area contributed by atoms with Gasteiger partial charge in [-0.2, -0.15) is 13.2 Å². The summed E-state index contributed by atoms with van der Waals surface area (Å²) in [5.74, 6) is -0.583. The normalized spacial score (nSPS) is 22.9. The van der Waals surface area contributed by atoms with Gasteiger partial charge in [-0.1, -0.05) is 0 Å². The molecule has 2 unspecified atom stereocenters. The van der Waals surface area contributed by atoms with Crippen LogP contribution in [0.5, 0.6) is 0 Å². The first-order valence-corrected chi connectivity index (χ1v) is 6.08. The molecule has 0 saturated carbocycles. The zero-order valence-electron chi connectivity index (χ0n) is 10.7. The van der Waals surface area contributed by atoms with E-state index in [1.807, 2.05) is 10.2 Å². The number of carbonyl (C=O) groups excluding carboxylic acids is 1. The maximum absolute atomic E-state index is 12.0. The van der Waals surface area contributed by atoms with E-state index in [1.54, 1.807) is 14.0 Å². The third-order valence-electron chi connectivity index (χ3n) is 3.30. The Morgan fingerprint density at radius 3 is 2.72 bits per heavy atom. The van der Waals surface area contributed by atoms with Crippen LogP contribution in [0.4, 0.5) is 13.2 Å². The van der Waals surface area contributed by atoms with Crippen molar-refractivity contribution < 1.29 is 18.0 Å². The minimum atomic E-state index is -4.36. The molecule has 1 aliphatic rings. The second-order valence-electron chi connectivity index (χ2n) is 4.67. The number of likely N-dealkylation sites (N-methyl/N-ethyl adjacent to an activating group) is 1. The van der Waals surface area contributed by atoms with Crippen LogP contribution in [0.3, 0.4) is 0 Å². The second kappa shape index (κ2) is 6.38. The van der Waals surface area contributed by atoms with Crippen LogP contribution in [0, 0.1) is 0 Å². The van der Waals surface area contributed by atoms with Crippen molar-refractivity contribution in [3.63, 3.8) is 0 Å². The fourth-order valence-corrected chi connectivity index (χ4v) is 2.02. The van der Waals surface area contributed by atoms with Crippen LogP contribution in [0.25, 0.3) is 0 Å². The highest BCUT2D eigenvalue weighted by Crippen LogP contribution is 2.14. The topological polar surface area (TPSA) is 44.4 Å². The molecule has 0 aromatic rings. The summed E-state index contributed by atoms with van der Waals surface area (Å²) in [5.41, 5.74) is 0. The number of rotatable bonds is 4. The maximum atomic E-state index is 12.0. The molecule has 0 aromatic heterocycles. The number of amides is 1. The Morgan fingerprint density at radius 1 is 1.56 bits per heavy atom. The number of hydrogen-bond acceptors (Lipinski definition) is 3. The van der Waals surface area contributed by atoms with Gasteiger partial charge in [0, 0.05) is 12.6 Å². The van der Waals surface area contributed by atoms with E-state index in [2.05, 4.69) is 5.32 Å². The Bertz CT molecular complexity index is 277. The van der Waals surface area contributed by atoms with Gasteiger partial charge in [-0.3, -0.25) is 9.69 Å². The molecule has 0 bridgehead atoms. The van der Waals surface area contributed by atoms with Gasteiger partial charge in [0.1, 0.15) is 6.54 Å². The van der Waals surface area contributed by atoms with E-state index < -0.39 is 24.7 Å². The molecule has 18 heavy (non-hydrogen) atoms. The Morgan fingerprint density at radius 2 is 2.22 bits per heavy atom. The molecule has 0 aliphatic carbocycles. The van der Waals surface area contributed by atoms with E-state index in [0.29, 0.717) is 0 Å². The number of nitrogens with zero attached hydrogens (tertiary/aromatic N) is 1. The molecule has 7 heteroatoms. The predicted molar refractivity (Wildman–Crippen MR) is 62.2 cm³/mol. The largest absolute Gasteiger partial charge is 0.405 e. The Hall–Kier alpha value is -0.820. The molecular weight excluding hydrogens is 247 g/mol. The molecule has 1 saturated heterocycles. The first-order valence-electron chi connectivity index (χ1n) is 6.08. The fourth-order valence-electron chi connectivity index (χ4n) is 2.02. The van der Waals surface area contributed by atoms with Crippen LogP contribution in [-0.2, 0) is 4.79 Å². The molecule has 1 amide bonds. The van der Waals surface area contributed by atoms with E-state index in [1.165, 1.54) is 0 Å². The average Bonchev–Trinajstić information content (AvgIpc) is 2.34. The van der Waals surface area contributed by atoms with Crippen molar-refractivity contribution in [2.45, 2.75) is 38.0 Å². The molecule has 1 fully saturated rings. The van der Waals surface area contributed by atoms with E-state index in [9.17, 15) is 18.0 Å². The molecule has 106 valence electrons. The Labute approximate surface area is 105 Å². The van der Waals surface area contributed by atoms with Crippen molar-refractivity contribution in [2.75, 3.05) is 26.7 Å². The van der Waals surface area contributed by atoms with Crippen LogP contribution in [0.15, 0.2) is 0 Å². The van der Waals surface area contributed by atoms with Gasteiger partial charge in [-0.05, 0) is 33.4 Å². The average molecular weight is 267 g/mol. The van der Waals surface area contributed by atoms with E-state index >= 15 is 0 Å². The van der Waals surface area contributed by atoms with Crippen LogP contribution in [0.1, 0.15) is 19.8 Å². The van der Waals surface area contributed by atoms with Crippen LogP contribution < -0.4 is 10.6 Å². The van der Waals surface area contributed by atoms with Crippen molar-refractivity contribution in [1.29, 1.82) is 0 Å².